The average molecular weight is 206 g/mol. The molecule has 0 saturated carbocycles. The molecule has 0 saturated heterocycles. The lowest BCUT2D eigenvalue weighted by Crippen LogP contribution is -1.76. The van der Waals surface area contributed by atoms with Crippen LogP contribution in [-0.2, 0) is 0 Å². The van der Waals surface area contributed by atoms with E-state index in [9.17, 15) is 0 Å². The van der Waals surface area contributed by atoms with E-state index in [0.29, 0.717) is 0 Å². The number of hydrogen-bond donors (Lipinski definition) is 1. The molecule has 0 atom stereocenters. The lowest BCUT2D eigenvalue weighted by Gasteiger charge is -2.03. The molecule has 3 aromatic carbocycles. The molecule has 1 N–H and O–H groups in total. The molecule has 2 nitrogen and oxygen atoms in total. The maximum atomic E-state index is 7.16. The Morgan fingerprint density at radius 3 is 2.19 bits per heavy atom. The Morgan fingerprint density at radius 1 is 0.750 bits per heavy atom. The van der Waals surface area contributed by atoms with E-state index in [-0.39, 0.29) is 0 Å². The minimum absolute atomic E-state index is 0.725. The summed E-state index contributed by atoms with van der Waals surface area (Å²) >= 11 is 0. The maximum absolute atomic E-state index is 7.16. The first kappa shape index (κ1) is 9.04. The van der Waals surface area contributed by atoms with Crippen molar-refractivity contribution in [2.45, 2.75) is 0 Å². The number of nitrogens with one attached hydrogen (secondary N) is 1. The van der Waals surface area contributed by atoms with Crippen LogP contribution in [0.3, 0.4) is 0 Å². The predicted octanol–water partition coefficient (Wildman–Crippen LogP) is 4.66. The first-order chi connectivity index (χ1) is 7.88. The molecular weight excluding hydrogens is 196 g/mol. The molecule has 0 spiro atoms. The Bertz CT molecular complexity index is 686. The van der Waals surface area contributed by atoms with Gasteiger partial charge in [-0.3, -0.25) is 0 Å². The van der Waals surface area contributed by atoms with Crippen molar-refractivity contribution in [2.75, 3.05) is 0 Å². The van der Waals surface area contributed by atoms with E-state index < -0.39 is 0 Å². The molecule has 3 aromatic rings. The fraction of sp³-hybridized carbons (Fsp3) is 0. The van der Waals surface area contributed by atoms with Crippen molar-refractivity contribution in [1.82, 2.24) is 0 Å². The van der Waals surface area contributed by atoms with Gasteiger partial charge < -0.3 is 0 Å². The molecule has 0 aliphatic rings. The molecule has 0 radical (unpaired) electrons. The van der Waals surface area contributed by atoms with Crippen molar-refractivity contribution in [3.8, 4) is 0 Å². The lowest BCUT2D eigenvalue weighted by atomic mass is 10.0. The van der Waals surface area contributed by atoms with Crippen molar-refractivity contribution in [1.29, 1.82) is 5.53 Å². The second-order valence-corrected chi connectivity index (χ2v) is 3.81. The van der Waals surface area contributed by atoms with Crippen molar-refractivity contribution in [2.24, 2.45) is 5.11 Å². The van der Waals surface area contributed by atoms with Crippen LogP contribution in [0, 0.1) is 5.53 Å². The summed E-state index contributed by atoms with van der Waals surface area (Å²) in [6, 6.07) is 18.3. The first-order valence-electron chi connectivity index (χ1n) is 5.17. The summed E-state index contributed by atoms with van der Waals surface area (Å²) in [5.74, 6) is 0. The third-order valence-electron chi connectivity index (χ3n) is 2.84. The fourth-order valence-corrected chi connectivity index (χ4v) is 2.05. The highest BCUT2D eigenvalue weighted by atomic mass is 15.0. The van der Waals surface area contributed by atoms with Crippen LogP contribution in [-0.4, -0.2) is 0 Å². The number of hydrogen-bond acceptors (Lipinski definition) is 2. The van der Waals surface area contributed by atoms with Crippen LogP contribution in [0.2, 0.25) is 0 Å². The quantitative estimate of drug-likeness (QED) is 0.444. The van der Waals surface area contributed by atoms with Gasteiger partial charge in [-0.25, -0.2) is 5.53 Å². The molecular formula is C14H10N2. The summed E-state index contributed by atoms with van der Waals surface area (Å²) in [5, 5.41) is 8.13. The van der Waals surface area contributed by atoms with E-state index in [0.717, 1.165) is 16.5 Å². The molecule has 0 aliphatic carbocycles. The molecule has 2 heteroatoms. The summed E-state index contributed by atoms with van der Waals surface area (Å²) in [6.07, 6.45) is 0. The fourth-order valence-electron chi connectivity index (χ4n) is 2.05. The molecule has 0 aliphatic heterocycles. The van der Waals surface area contributed by atoms with Gasteiger partial charge in [-0.1, -0.05) is 36.4 Å². The van der Waals surface area contributed by atoms with Crippen LogP contribution in [0.5, 0.6) is 0 Å². The van der Waals surface area contributed by atoms with Gasteiger partial charge in [-0.2, -0.15) is 5.11 Å². The highest BCUT2D eigenvalue weighted by Gasteiger charge is 2.01. The SMILES string of the molecule is N=Nc1cccc2cc3ccccc3cc12. The molecule has 0 unspecified atom stereocenters. The van der Waals surface area contributed by atoms with Gasteiger partial charge in [0.15, 0.2) is 0 Å². The Morgan fingerprint density at radius 2 is 1.44 bits per heavy atom. The zero-order valence-electron chi connectivity index (χ0n) is 8.64. The summed E-state index contributed by atoms with van der Waals surface area (Å²) in [4.78, 5) is 0. The molecule has 0 heterocycles. The predicted molar refractivity (Wildman–Crippen MR) is 66.3 cm³/mol. The monoisotopic (exact) mass is 206 g/mol. The number of benzene rings is 3. The van der Waals surface area contributed by atoms with Crippen LogP contribution >= 0.6 is 0 Å². The molecule has 0 amide bonds. The summed E-state index contributed by atoms with van der Waals surface area (Å²) in [7, 11) is 0. The summed E-state index contributed by atoms with van der Waals surface area (Å²) in [6.45, 7) is 0. The largest absolute Gasteiger partial charge is 0.204 e. The number of fused-ring (bicyclic) bond motifs is 2. The van der Waals surface area contributed by atoms with Crippen molar-refractivity contribution in [3.05, 3.63) is 54.6 Å². The zero-order chi connectivity index (χ0) is 11.0. The summed E-state index contributed by atoms with van der Waals surface area (Å²) in [5.41, 5.74) is 7.88. The van der Waals surface area contributed by atoms with Crippen molar-refractivity contribution < 1.29 is 0 Å². The smallest absolute Gasteiger partial charge is 0.0928 e. The lowest BCUT2D eigenvalue weighted by molar-refractivity contribution is 1.16. The van der Waals surface area contributed by atoms with Crippen LogP contribution < -0.4 is 0 Å². The van der Waals surface area contributed by atoms with Gasteiger partial charge >= 0.3 is 0 Å². The molecule has 0 aromatic heterocycles. The molecule has 3 rings (SSSR count). The Hall–Kier alpha value is -2.22. The van der Waals surface area contributed by atoms with Gasteiger partial charge in [0, 0.05) is 5.39 Å². The van der Waals surface area contributed by atoms with Gasteiger partial charge in [0.05, 0.1) is 5.69 Å². The summed E-state index contributed by atoms with van der Waals surface area (Å²) < 4.78 is 0. The van der Waals surface area contributed by atoms with Crippen LogP contribution in [0.25, 0.3) is 21.5 Å². The normalized spacial score (nSPS) is 10.8. The molecule has 0 fully saturated rings. The molecule has 76 valence electrons. The number of nitrogens with zero attached hydrogens (tertiary/aromatic N) is 1. The Labute approximate surface area is 93.0 Å². The van der Waals surface area contributed by atoms with Gasteiger partial charge in [-0.15, -0.1) is 0 Å². The second kappa shape index (κ2) is 3.42. The van der Waals surface area contributed by atoms with Gasteiger partial charge in [0.2, 0.25) is 0 Å². The van der Waals surface area contributed by atoms with Crippen molar-refractivity contribution in [3.63, 3.8) is 0 Å². The van der Waals surface area contributed by atoms with Crippen molar-refractivity contribution >= 4 is 27.2 Å². The molecule has 0 bridgehead atoms. The third kappa shape index (κ3) is 1.27. The van der Waals surface area contributed by atoms with Gasteiger partial charge in [-0.05, 0) is 34.4 Å². The van der Waals surface area contributed by atoms with E-state index in [1.165, 1.54) is 10.8 Å². The van der Waals surface area contributed by atoms with Gasteiger partial charge in [0.25, 0.3) is 0 Å². The highest BCUT2D eigenvalue weighted by Crippen LogP contribution is 2.29. The topological polar surface area (TPSA) is 36.2 Å². The van der Waals surface area contributed by atoms with Crippen LogP contribution in [0.15, 0.2) is 59.7 Å². The molecule has 16 heavy (non-hydrogen) atoms. The second-order valence-electron chi connectivity index (χ2n) is 3.81. The Kier molecular flexibility index (Phi) is 1.93. The number of rotatable bonds is 1. The van der Waals surface area contributed by atoms with E-state index in [1.54, 1.807) is 0 Å². The average Bonchev–Trinajstić information content (AvgIpc) is 2.35. The van der Waals surface area contributed by atoms with Crippen LogP contribution in [0.1, 0.15) is 0 Å². The minimum Gasteiger partial charge on any atom is -0.204 e. The maximum Gasteiger partial charge on any atom is 0.0928 e. The highest BCUT2D eigenvalue weighted by molar-refractivity contribution is 6.02. The zero-order valence-corrected chi connectivity index (χ0v) is 8.64. The third-order valence-corrected chi connectivity index (χ3v) is 2.84. The standard InChI is InChI=1S/C14H10N2/c15-16-14-7-3-6-12-8-10-4-1-2-5-11(10)9-13(12)14/h1-9,15H. The van der Waals surface area contributed by atoms with E-state index >= 15 is 0 Å². The van der Waals surface area contributed by atoms with E-state index in [2.05, 4.69) is 35.4 Å². The van der Waals surface area contributed by atoms with Crippen LogP contribution in [0.4, 0.5) is 5.69 Å². The minimum atomic E-state index is 0.725. The van der Waals surface area contributed by atoms with E-state index in [4.69, 9.17) is 5.53 Å². The first-order valence-corrected chi connectivity index (χ1v) is 5.17. The Balaban J connectivity index is 2.51. The van der Waals surface area contributed by atoms with E-state index in [1.807, 2.05) is 24.3 Å². The van der Waals surface area contributed by atoms with Gasteiger partial charge in [0.1, 0.15) is 0 Å².